The molecule has 1 aliphatic rings. The highest BCUT2D eigenvalue weighted by molar-refractivity contribution is 5.65. The zero-order valence-corrected chi connectivity index (χ0v) is 10.7. The van der Waals surface area contributed by atoms with Crippen molar-refractivity contribution in [2.75, 3.05) is 13.2 Å². The van der Waals surface area contributed by atoms with E-state index in [2.05, 4.69) is 22.1 Å². The van der Waals surface area contributed by atoms with Gasteiger partial charge < -0.3 is 10.5 Å². The maximum Gasteiger partial charge on any atom is 0.116 e. The fourth-order valence-electron chi connectivity index (χ4n) is 2.63. The van der Waals surface area contributed by atoms with E-state index in [0.717, 1.165) is 25.1 Å². The Morgan fingerprint density at radius 1 is 1.32 bits per heavy atom. The van der Waals surface area contributed by atoms with Gasteiger partial charge in [0, 0.05) is 24.9 Å². The van der Waals surface area contributed by atoms with Crippen LogP contribution in [-0.4, -0.2) is 23.1 Å². The van der Waals surface area contributed by atoms with E-state index in [1.807, 2.05) is 12.1 Å². The Morgan fingerprint density at radius 2 is 2.26 bits per heavy atom. The molecule has 2 N–H and O–H groups in total. The number of nitrogens with two attached hydrogens (primary N) is 1. The van der Waals surface area contributed by atoms with Gasteiger partial charge in [-0.2, -0.15) is 0 Å². The fourth-order valence-corrected chi connectivity index (χ4v) is 2.63. The van der Waals surface area contributed by atoms with Gasteiger partial charge in [0.2, 0.25) is 0 Å². The summed E-state index contributed by atoms with van der Waals surface area (Å²) in [4.78, 5) is 8.33. The van der Waals surface area contributed by atoms with E-state index in [1.165, 1.54) is 16.7 Å². The molecule has 2 heterocycles. The monoisotopic (exact) mass is 255 g/mol. The number of hydrogen-bond donors (Lipinski definition) is 1. The van der Waals surface area contributed by atoms with Gasteiger partial charge in [-0.25, -0.2) is 9.97 Å². The first-order valence-corrected chi connectivity index (χ1v) is 6.60. The van der Waals surface area contributed by atoms with Crippen molar-refractivity contribution in [1.29, 1.82) is 0 Å². The summed E-state index contributed by atoms with van der Waals surface area (Å²) >= 11 is 0. The van der Waals surface area contributed by atoms with Crippen molar-refractivity contribution < 1.29 is 4.74 Å². The second-order valence-corrected chi connectivity index (χ2v) is 4.67. The van der Waals surface area contributed by atoms with Crippen molar-refractivity contribution in [2.24, 2.45) is 5.73 Å². The molecule has 0 spiro atoms. The Balaban J connectivity index is 2.12. The van der Waals surface area contributed by atoms with Crippen LogP contribution in [0, 0.1) is 0 Å². The van der Waals surface area contributed by atoms with Gasteiger partial charge in [0.1, 0.15) is 6.33 Å². The van der Waals surface area contributed by atoms with Crippen LogP contribution in [0.2, 0.25) is 0 Å². The van der Waals surface area contributed by atoms with Crippen LogP contribution in [0.3, 0.4) is 0 Å². The van der Waals surface area contributed by atoms with E-state index >= 15 is 0 Å². The summed E-state index contributed by atoms with van der Waals surface area (Å²) in [6.07, 6.45) is 5.38. The van der Waals surface area contributed by atoms with E-state index in [4.69, 9.17) is 10.5 Å². The number of hydrogen-bond acceptors (Lipinski definition) is 4. The number of ether oxygens (including phenoxy) is 1. The zero-order valence-electron chi connectivity index (χ0n) is 10.7. The molecule has 0 fully saturated rings. The van der Waals surface area contributed by atoms with Crippen LogP contribution < -0.4 is 5.73 Å². The summed E-state index contributed by atoms with van der Waals surface area (Å²) < 4.78 is 5.81. The van der Waals surface area contributed by atoms with E-state index in [1.54, 1.807) is 12.5 Å². The summed E-state index contributed by atoms with van der Waals surface area (Å²) in [5, 5.41) is 0. The quantitative estimate of drug-likeness (QED) is 0.892. The molecular formula is C15H17N3O. The van der Waals surface area contributed by atoms with Crippen molar-refractivity contribution in [3.8, 4) is 11.3 Å². The van der Waals surface area contributed by atoms with Crippen LogP contribution in [0.4, 0.5) is 0 Å². The maximum absolute atomic E-state index is 5.83. The maximum atomic E-state index is 5.83. The SMILES string of the molecule is NC[C@H]1OCCCc2c(-c3ccncn3)cccc21. The minimum atomic E-state index is -0.000660. The summed E-state index contributed by atoms with van der Waals surface area (Å²) in [5.41, 5.74) is 10.5. The molecule has 98 valence electrons. The molecule has 0 amide bonds. The molecule has 0 aliphatic carbocycles. The molecule has 0 saturated heterocycles. The Bertz CT molecular complexity index is 557. The van der Waals surface area contributed by atoms with Crippen molar-refractivity contribution in [3.05, 3.63) is 47.9 Å². The van der Waals surface area contributed by atoms with Gasteiger partial charge in [-0.1, -0.05) is 18.2 Å². The fraction of sp³-hybridized carbons (Fsp3) is 0.333. The van der Waals surface area contributed by atoms with Gasteiger partial charge in [0.15, 0.2) is 0 Å². The lowest BCUT2D eigenvalue weighted by Gasteiger charge is -2.17. The zero-order chi connectivity index (χ0) is 13.1. The molecule has 19 heavy (non-hydrogen) atoms. The summed E-state index contributed by atoms with van der Waals surface area (Å²) in [7, 11) is 0. The molecule has 1 aromatic carbocycles. The summed E-state index contributed by atoms with van der Waals surface area (Å²) in [6.45, 7) is 1.28. The first kappa shape index (κ1) is 12.3. The lowest BCUT2D eigenvalue weighted by molar-refractivity contribution is 0.0627. The number of nitrogens with zero attached hydrogens (tertiary/aromatic N) is 2. The van der Waals surface area contributed by atoms with Crippen LogP contribution in [0.5, 0.6) is 0 Å². The standard InChI is InChI=1S/C15H17N3O/c16-9-15-13-4-1-3-12(11(13)5-2-8-19-15)14-6-7-17-10-18-14/h1,3-4,6-7,10,15H,2,5,8-9,16H2/t15-/m1/s1. The number of fused-ring (bicyclic) bond motifs is 1. The van der Waals surface area contributed by atoms with Gasteiger partial charge in [-0.05, 0) is 30.0 Å². The predicted octanol–water partition coefficient (Wildman–Crippen LogP) is 2.11. The molecule has 0 bridgehead atoms. The predicted molar refractivity (Wildman–Crippen MR) is 73.5 cm³/mol. The molecule has 1 atom stereocenters. The Labute approximate surface area is 112 Å². The lowest BCUT2D eigenvalue weighted by Crippen LogP contribution is -2.16. The van der Waals surface area contributed by atoms with Crippen molar-refractivity contribution in [1.82, 2.24) is 9.97 Å². The van der Waals surface area contributed by atoms with E-state index in [9.17, 15) is 0 Å². The van der Waals surface area contributed by atoms with Gasteiger partial charge in [0.25, 0.3) is 0 Å². The van der Waals surface area contributed by atoms with Crippen LogP contribution in [0.25, 0.3) is 11.3 Å². The van der Waals surface area contributed by atoms with Crippen LogP contribution in [-0.2, 0) is 11.2 Å². The number of rotatable bonds is 2. The molecule has 0 radical (unpaired) electrons. The van der Waals surface area contributed by atoms with Gasteiger partial charge in [0.05, 0.1) is 11.8 Å². The minimum Gasteiger partial charge on any atom is -0.372 e. The molecule has 3 rings (SSSR count). The molecule has 0 saturated carbocycles. The van der Waals surface area contributed by atoms with Crippen molar-refractivity contribution in [3.63, 3.8) is 0 Å². The molecule has 4 heteroatoms. The van der Waals surface area contributed by atoms with E-state index in [0.29, 0.717) is 6.54 Å². The van der Waals surface area contributed by atoms with Crippen molar-refractivity contribution >= 4 is 0 Å². The molecule has 4 nitrogen and oxygen atoms in total. The third-order valence-corrected chi connectivity index (χ3v) is 3.52. The minimum absolute atomic E-state index is 0.000660. The highest BCUT2D eigenvalue weighted by Gasteiger charge is 2.20. The van der Waals surface area contributed by atoms with Crippen LogP contribution in [0.15, 0.2) is 36.8 Å². The number of benzene rings is 1. The Hall–Kier alpha value is -1.78. The van der Waals surface area contributed by atoms with Crippen LogP contribution in [0.1, 0.15) is 23.7 Å². The first-order chi connectivity index (χ1) is 9.40. The van der Waals surface area contributed by atoms with Crippen LogP contribution >= 0.6 is 0 Å². The average Bonchev–Trinajstić information content (AvgIpc) is 2.69. The third-order valence-electron chi connectivity index (χ3n) is 3.52. The smallest absolute Gasteiger partial charge is 0.116 e. The van der Waals surface area contributed by atoms with Crippen molar-refractivity contribution in [2.45, 2.75) is 18.9 Å². The second kappa shape index (κ2) is 5.47. The highest BCUT2D eigenvalue weighted by Crippen LogP contribution is 2.32. The topological polar surface area (TPSA) is 61.0 Å². The van der Waals surface area contributed by atoms with Gasteiger partial charge in [-0.15, -0.1) is 0 Å². The summed E-state index contributed by atoms with van der Waals surface area (Å²) in [5.74, 6) is 0. The normalized spacial score (nSPS) is 18.7. The van der Waals surface area contributed by atoms with Gasteiger partial charge >= 0.3 is 0 Å². The molecule has 1 aromatic heterocycles. The second-order valence-electron chi connectivity index (χ2n) is 4.67. The van der Waals surface area contributed by atoms with E-state index in [-0.39, 0.29) is 6.10 Å². The lowest BCUT2D eigenvalue weighted by atomic mass is 9.93. The average molecular weight is 255 g/mol. The molecule has 1 aliphatic heterocycles. The molecule has 0 unspecified atom stereocenters. The van der Waals surface area contributed by atoms with Gasteiger partial charge in [-0.3, -0.25) is 0 Å². The highest BCUT2D eigenvalue weighted by atomic mass is 16.5. The molecule has 2 aromatic rings. The number of aromatic nitrogens is 2. The Morgan fingerprint density at radius 3 is 3.05 bits per heavy atom. The summed E-state index contributed by atoms with van der Waals surface area (Å²) in [6, 6.07) is 8.22. The Kier molecular flexibility index (Phi) is 3.53. The molecular weight excluding hydrogens is 238 g/mol. The first-order valence-electron chi connectivity index (χ1n) is 6.60. The third kappa shape index (κ3) is 2.37. The largest absolute Gasteiger partial charge is 0.372 e. The van der Waals surface area contributed by atoms with E-state index < -0.39 is 0 Å².